The molecule has 8 rings (SSSR count). The van der Waals surface area contributed by atoms with Gasteiger partial charge < -0.3 is 14.4 Å². The van der Waals surface area contributed by atoms with Gasteiger partial charge in [-0.15, -0.1) is 35.3 Å². The third-order valence-electron chi connectivity index (χ3n) is 8.97. The van der Waals surface area contributed by atoms with Crippen LogP contribution in [-0.4, -0.2) is 41.8 Å². The van der Waals surface area contributed by atoms with Crippen LogP contribution in [0.25, 0.3) is 32.8 Å². The summed E-state index contributed by atoms with van der Waals surface area (Å²) in [4.78, 5) is 13.9. The van der Waals surface area contributed by atoms with Crippen LogP contribution in [0.3, 0.4) is 0 Å². The van der Waals surface area contributed by atoms with Gasteiger partial charge in [-0.05, 0) is 48.1 Å². The lowest BCUT2D eigenvalue weighted by Crippen LogP contribution is -2.09. The molecule has 240 valence electrons. The minimum absolute atomic E-state index is 0.287. The lowest BCUT2D eigenvalue weighted by Gasteiger charge is -2.12. The number of rotatable bonds is 1. The second-order valence-electron chi connectivity index (χ2n) is 11.9. The molecule has 5 heterocycles. The Labute approximate surface area is 289 Å². The van der Waals surface area contributed by atoms with Crippen molar-refractivity contribution in [3.63, 3.8) is 0 Å². The van der Waals surface area contributed by atoms with Crippen molar-refractivity contribution in [2.75, 3.05) is 6.61 Å². The summed E-state index contributed by atoms with van der Waals surface area (Å²) >= 11 is 12.4. The lowest BCUT2D eigenvalue weighted by atomic mass is 9.98. The molecule has 47 heavy (non-hydrogen) atoms. The molecule has 8 bridgehead atoms. The van der Waals surface area contributed by atoms with Gasteiger partial charge in [0, 0.05) is 69.6 Å². The fourth-order valence-corrected chi connectivity index (χ4v) is 9.90. The van der Waals surface area contributed by atoms with Gasteiger partial charge in [0.15, 0.2) is 0 Å². The highest BCUT2D eigenvalue weighted by Gasteiger charge is 2.30. The predicted molar refractivity (Wildman–Crippen MR) is 193 cm³/mol. The van der Waals surface area contributed by atoms with Crippen LogP contribution >= 0.6 is 46.9 Å². The highest BCUT2D eigenvalue weighted by atomic mass is 35.5. The van der Waals surface area contributed by atoms with Crippen LogP contribution in [0.1, 0.15) is 45.2 Å². The van der Waals surface area contributed by atoms with Crippen LogP contribution in [-0.2, 0) is 49.4 Å². The Hall–Kier alpha value is -3.51. The molecular weight excluding hydrogens is 670 g/mol. The molecule has 0 amide bonds. The highest BCUT2D eigenvalue weighted by molar-refractivity contribution is 7.98. The Balaban J connectivity index is 1.26. The molecule has 0 saturated carbocycles. The number of hydrogen-bond acceptors (Lipinski definition) is 7. The van der Waals surface area contributed by atoms with Crippen LogP contribution in [0.5, 0.6) is 5.75 Å². The van der Waals surface area contributed by atoms with E-state index in [1.165, 1.54) is 0 Å². The van der Waals surface area contributed by atoms with Crippen molar-refractivity contribution >= 4 is 74.5 Å². The summed E-state index contributed by atoms with van der Waals surface area (Å²) < 4.78 is 12.3. The van der Waals surface area contributed by atoms with Crippen LogP contribution in [0.4, 0.5) is 0 Å². The molecule has 1 N–H and O–H groups in total. The number of benzene rings is 3. The van der Waals surface area contributed by atoms with E-state index in [0.29, 0.717) is 30.2 Å². The number of aromatic nitrogens is 5. The smallest absolute Gasteiger partial charge is 0.352 e. The van der Waals surface area contributed by atoms with E-state index in [4.69, 9.17) is 26.5 Å². The Kier molecular flexibility index (Phi) is 8.19. The van der Waals surface area contributed by atoms with Gasteiger partial charge in [-0.3, -0.25) is 9.36 Å². The lowest BCUT2D eigenvalue weighted by molar-refractivity contribution is 0.0685. The molecule has 0 spiro atoms. The normalized spacial score (nSPS) is 15.4. The summed E-state index contributed by atoms with van der Waals surface area (Å²) in [6.45, 7) is 0.453. The molecule has 0 aliphatic carbocycles. The monoisotopic (exact) mass is 701 g/mol. The Morgan fingerprint density at radius 3 is 2.70 bits per heavy atom. The molecule has 0 atom stereocenters. The quantitative estimate of drug-likeness (QED) is 0.183. The minimum atomic E-state index is -0.951. The number of aromatic carboxylic acids is 1. The topological polar surface area (TPSA) is 87.1 Å². The predicted octanol–water partition coefficient (Wildman–Crippen LogP) is 8.54. The van der Waals surface area contributed by atoms with Crippen LogP contribution in [0.15, 0.2) is 59.5 Å². The van der Waals surface area contributed by atoms with Gasteiger partial charge in [0.2, 0.25) is 0 Å². The van der Waals surface area contributed by atoms with E-state index in [2.05, 4.69) is 35.0 Å². The number of halogens is 1. The van der Waals surface area contributed by atoms with Gasteiger partial charge in [0.25, 0.3) is 0 Å². The first kappa shape index (κ1) is 30.8. The van der Waals surface area contributed by atoms with Crippen molar-refractivity contribution in [1.82, 2.24) is 24.1 Å². The van der Waals surface area contributed by atoms with Gasteiger partial charge in [-0.1, -0.05) is 41.9 Å². The van der Waals surface area contributed by atoms with E-state index >= 15 is 0 Å². The molecule has 0 unspecified atom stereocenters. The molecule has 2 aliphatic rings. The molecule has 0 radical (unpaired) electrons. The average Bonchev–Trinajstić information content (AvgIpc) is 3.80. The molecular formula is C35H32ClN5O3S3. The first-order chi connectivity index (χ1) is 22.9. The summed E-state index contributed by atoms with van der Waals surface area (Å²) in [5.74, 6) is 3.73. The summed E-state index contributed by atoms with van der Waals surface area (Å²) in [6, 6.07) is 18.7. The van der Waals surface area contributed by atoms with Gasteiger partial charge >= 0.3 is 5.97 Å². The van der Waals surface area contributed by atoms with Crippen molar-refractivity contribution in [2.24, 2.45) is 14.1 Å². The molecule has 3 aromatic heterocycles. The number of nitrogens with zero attached hydrogens (tertiary/aromatic N) is 5. The van der Waals surface area contributed by atoms with Gasteiger partial charge in [0.05, 0.1) is 40.1 Å². The molecule has 8 nitrogen and oxygen atoms in total. The molecule has 6 aromatic rings. The molecule has 0 saturated heterocycles. The summed E-state index contributed by atoms with van der Waals surface area (Å²) in [7, 11) is 3.85. The molecule has 3 aromatic carbocycles. The number of hydrogen-bond donors (Lipinski definition) is 1. The van der Waals surface area contributed by atoms with E-state index in [1.54, 1.807) is 23.5 Å². The van der Waals surface area contributed by atoms with Crippen LogP contribution in [0, 0.1) is 0 Å². The van der Waals surface area contributed by atoms with E-state index in [0.717, 1.165) is 94.9 Å². The second kappa shape index (κ2) is 12.5. The van der Waals surface area contributed by atoms with Crippen molar-refractivity contribution in [1.29, 1.82) is 0 Å². The maximum absolute atomic E-state index is 12.8. The Bertz CT molecular complexity index is 2200. The third-order valence-corrected chi connectivity index (χ3v) is 12.2. The third kappa shape index (κ3) is 5.50. The van der Waals surface area contributed by atoms with Gasteiger partial charge in [-0.25, -0.2) is 4.79 Å². The van der Waals surface area contributed by atoms with Gasteiger partial charge in [-0.2, -0.15) is 10.2 Å². The summed E-state index contributed by atoms with van der Waals surface area (Å²) in [5.41, 5.74) is 8.12. The summed E-state index contributed by atoms with van der Waals surface area (Å²) in [5, 5.41) is 24.1. The standard InChI is InChI=1S/C35H32ClN5O3S3/c1-39-33-26-9-10-27(36)31(33)32-28(38-41-19-46-18-29(32)41)17-45-15-21-13-22(40(2)37-21)16-47-23-12-20-6-3-4-7-24(20)30(14-23)44-11-5-8-25(26)34(39)35(42)43/h3-4,6-7,9-10,12-14H,5,8,11,15-19H2,1-2H3,(H,42,43). The first-order valence-corrected chi connectivity index (χ1v) is 19.1. The SMILES string of the molecule is Cn1nc2cc1CSc1cc(c3ccccc3c1)OCCCc1c(C(=O)O)n(C)c3c(c(Cl)ccc13)-c1c(nn3c1CSC3)CSC2. The Morgan fingerprint density at radius 1 is 0.957 bits per heavy atom. The van der Waals surface area contributed by atoms with Crippen LogP contribution < -0.4 is 4.74 Å². The summed E-state index contributed by atoms with van der Waals surface area (Å²) in [6.07, 6.45) is 1.21. The average molecular weight is 702 g/mol. The van der Waals surface area contributed by atoms with Crippen molar-refractivity contribution in [3.8, 4) is 16.9 Å². The largest absolute Gasteiger partial charge is 0.493 e. The number of carboxylic acids is 1. The zero-order valence-electron chi connectivity index (χ0n) is 26.0. The van der Waals surface area contributed by atoms with E-state index in [9.17, 15) is 9.90 Å². The number of ether oxygens (including phenoxy) is 1. The zero-order chi connectivity index (χ0) is 32.2. The maximum atomic E-state index is 12.8. The van der Waals surface area contributed by atoms with Crippen LogP contribution in [0.2, 0.25) is 5.02 Å². The number of carbonyl (C=O) groups is 1. The van der Waals surface area contributed by atoms with Crippen molar-refractivity contribution in [3.05, 3.63) is 93.7 Å². The van der Waals surface area contributed by atoms with E-state index in [-0.39, 0.29) is 5.69 Å². The fourth-order valence-electron chi connectivity index (χ4n) is 6.86. The second-order valence-corrected chi connectivity index (χ2v) is 15.3. The molecule has 12 heteroatoms. The van der Waals surface area contributed by atoms with Gasteiger partial charge in [0.1, 0.15) is 11.4 Å². The molecule has 2 aliphatic heterocycles. The van der Waals surface area contributed by atoms with E-state index < -0.39 is 5.97 Å². The number of thioether (sulfide) groups is 3. The minimum Gasteiger partial charge on any atom is -0.493 e. The zero-order valence-corrected chi connectivity index (χ0v) is 29.2. The fraction of sp³-hybridized carbons (Fsp3) is 0.286. The maximum Gasteiger partial charge on any atom is 0.352 e. The highest BCUT2D eigenvalue weighted by Crippen LogP contribution is 2.45. The number of carboxylic acid groups (broad SMARTS) is 1. The Morgan fingerprint density at radius 2 is 1.83 bits per heavy atom. The first-order valence-electron chi connectivity index (χ1n) is 15.4. The van der Waals surface area contributed by atoms with Crippen molar-refractivity contribution in [2.45, 2.75) is 46.6 Å². The number of fused-ring (bicyclic) bond motifs is 10. The van der Waals surface area contributed by atoms with E-state index in [1.807, 2.05) is 59.4 Å². The molecule has 0 fully saturated rings. The van der Waals surface area contributed by atoms with Crippen molar-refractivity contribution < 1.29 is 14.6 Å². The number of aryl methyl sites for hydroxylation is 3.